The third-order valence-electron chi connectivity index (χ3n) is 3.20. The van der Waals surface area contributed by atoms with Crippen LogP contribution in [0.1, 0.15) is 5.56 Å². The summed E-state index contributed by atoms with van der Waals surface area (Å²) >= 11 is 5.61. The van der Waals surface area contributed by atoms with E-state index in [-0.39, 0.29) is 5.88 Å². The molecule has 0 aliphatic rings. The summed E-state index contributed by atoms with van der Waals surface area (Å²) in [5, 5.41) is 23.1. The number of hydrogen-bond acceptors (Lipinski definition) is 2. The molecule has 2 unspecified atom stereocenters. The smallest absolute Gasteiger partial charge is 0.404 e. The zero-order valence-corrected chi connectivity index (χ0v) is 11.5. The van der Waals surface area contributed by atoms with Gasteiger partial charge in [0.2, 0.25) is 0 Å². The predicted molar refractivity (Wildman–Crippen MR) is 79.3 cm³/mol. The number of benzene rings is 2. The molecule has 0 radical (unpaired) electrons. The monoisotopic (exact) mass is 293 g/mol. The highest BCUT2D eigenvalue weighted by molar-refractivity contribution is 6.18. The van der Waals surface area contributed by atoms with Crippen molar-refractivity contribution in [2.45, 2.75) is 18.6 Å². The molecule has 2 aromatic carbocycles. The van der Waals surface area contributed by atoms with Gasteiger partial charge in [0.05, 0.1) is 18.0 Å². The first-order valence-electron chi connectivity index (χ1n) is 6.31. The number of alkyl halides is 1. The van der Waals surface area contributed by atoms with E-state index in [1.54, 1.807) is 0 Å². The molecule has 5 heteroatoms. The fourth-order valence-corrected chi connectivity index (χ4v) is 2.38. The molecular weight excluding hydrogens is 278 g/mol. The molecule has 0 heterocycles. The molecule has 0 aromatic heterocycles. The predicted octanol–water partition coefficient (Wildman–Crippen LogP) is 2.62. The van der Waals surface area contributed by atoms with Gasteiger partial charge in [0.15, 0.2) is 0 Å². The van der Waals surface area contributed by atoms with Crippen LogP contribution in [0.5, 0.6) is 0 Å². The summed E-state index contributed by atoms with van der Waals surface area (Å²) in [4.78, 5) is 10.8. The van der Waals surface area contributed by atoms with Crippen LogP contribution in [0.2, 0.25) is 0 Å². The van der Waals surface area contributed by atoms with Crippen LogP contribution in [0.15, 0.2) is 42.5 Å². The molecule has 2 aromatic rings. The maximum atomic E-state index is 10.8. The maximum Gasteiger partial charge on any atom is 0.404 e. The number of aliphatic hydroxyl groups is 1. The molecule has 20 heavy (non-hydrogen) atoms. The van der Waals surface area contributed by atoms with Gasteiger partial charge in [-0.25, -0.2) is 4.79 Å². The van der Waals surface area contributed by atoms with Crippen LogP contribution < -0.4 is 5.32 Å². The average molecular weight is 294 g/mol. The fourth-order valence-electron chi connectivity index (χ4n) is 2.17. The molecule has 0 fully saturated rings. The van der Waals surface area contributed by atoms with Crippen molar-refractivity contribution in [3.05, 3.63) is 48.0 Å². The molecule has 0 aliphatic heterocycles. The van der Waals surface area contributed by atoms with Gasteiger partial charge in [0.25, 0.3) is 0 Å². The van der Waals surface area contributed by atoms with Gasteiger partial charge < -0.3 is 15.5 Å². The van der Waals surface area contributed by atoms with Crippen molar-refractivity contribution in [2.24, 2.45) is 0 Å². The third-order valence-corrected chi connectivity index (χ3v) is 3.52. The number of nitrogens with one attached hydrogen (secondary N) is 1. The molecule has 2 rings (SSSR count). The Kier molecular flexibility index (Phi) is 4.82. The van der Waals surface area contributed by atoms with E-state index in [2.05, 4.69) is 5.32 Å². The number of carbonyl (C=O) groups is 1. The van der Waals surface area contributed by atoms with Gasteiger partial charge in [-0.15, -0.1) is 11.6 Å². The maximum absolute atomic E-state index is 10.8. The number of hydrogen-bond donors (Lipinski definition) is 3. The first-order valence-corrected chi connectivity index (χ1v) is 6.85. The summed E-state index contributed by atoms with van der Waals surface area (Å²) < 4.78 is 0. The lowest BCUT2D eigenvalue weighted by molar-refractivity contribution is 0.135. The summed E-state index contributed by atoms with van der Waals surface area (Å²) in [6.07, 6.45) is -1.69. The topological polar surface area (TPSA) is 69.6 Å². The zero-order chi connectivity index (χ0) is 14.5. The quantitative estimate of drug-likeness (QED) is 0.742. The van der Waals surface area contributed by atoms with Gasteiger partial charge >= 0.3 is 6.09 Å². The Labute approximate surface area is 122 Å². The molecule has 1 amide bonds. The van der Waals surface area contributed by atoms with E-state index in [0.717, 1.165) is 16.3 Å². The van der Waals surface area contributed by atoms with Gasteiger partial charge in [-0.05, 0) is 22.8 Å². The number of carboxylic acid groups (broad SMARTS) is 1. The summed E-state index contributed by atoms with van der Waals surface area (Å²) in [6, 6.07) is 13.2. The molecule has 0 spiro atoms. The molecule has 3 N–H and O–H groups in total. The molecule has 0 saturated heterocycles. The molecule has 0 bridgehead atoms. The van der Waals surface area contributed by atoms with E-state index >= 15 is 0 Å². The highest BCUT2D eigenvalue weighted by atomic mass is 35.5. The van der Waals surface area contributed by atoms with Crippen molar-refractivity contribution < 1.29 is 15.0 Å². The van der Waals surface area contributed by atoms with E-state index in [1.165, 1.54) is 0 Å². The molecule has 2 atom stereocenters. The van der Waals surface area contributed by atoms with Crippen LogP contribution in [0.25, 0.3) is 10.8 Å². The summed E-state index contributed by atoms with van der Waals surface area (Å²) in [5.74, 6) is -0.0153. The first kappa shape index (κ1) is 14.6. The number of aliphatic hydroxyl groups excluding tert-OH is 1. The van der Waals surface area contributed by atoms with E-state index in [9.17, 15) is 9.90 Å². The molecular formula is C15H16ClNO3. The molecule has 106 valence electrons. The number of rotatable bonds is 5. The van der Waals surface area contributed by atoms with Gasteiger partial charge in [-0.2, -0.15) is 0 Å². The minimum Gasteiger partial charge on any atom is -0.465 e. The number of amides is 1. The average Bonchev–Trinajstić information content (AvgIpc) is 2.45. The molecule has 0 saturated carbocycles. The van der Waals surface area contributed by atoms with Crippen LogP contribution in [-0.2, 0) is 6.42 Å². The Hall–Kier alpha value is -1.78. The van der Waals surface area contributed by atoms with Crippen molar-refractivity contribution >= 4 is 28.5 Å². The Balaban J connectivity index is 2.21. The summed E-state index contributed by atoms with van der Waals surface area (Å²) in [6.45, 7) is 0. The van der Waals surface area contributed by atoms with Crippen molar-refractivity contribution in [1.82, 2.24) is 5.32 Å². The zero-order valence-electron chi connectivity index (χ0n) is 10.8. The van der Waals surface area contributed by atoms with Crippen LogP contribution in [-0.4, -0.2) is 34.3 Å². The highest BCUT2D eigenvalue weighted by Crippen LogP contribution is 2.17. The highest BCUT2D eigenvalue weighted by Gasteiger charge is 2.20. The van der Waals surface area contributed by atoms with Gasteiger partial charge in [0, 0.05) is 0 Å². The van der Waals surface area contributed by atoms with E-state index < -0.39 is 18.2 Å². The van der Waals surface area contributed by atoms with Crippen LogP contribution >= 0.6 is 11.6 Å². The summed E-state index contributed by atoms with van der Waals surface area (Å²) in [7, 11) is 0. The second kappa shape index (κ2) is 6.59. The minimum absolute atomic E-state index is 0.0153. The molecule has 4 nitrogen and oxygen atoms in total. The van der Waals surface area contributed by atoms with Crippen molar-refractivity contribution in [3.8, 4) is 0 Å². The van der Waals surface area contributed by atoms with Gasteiger partial charge in [0.1, 0.15) is 0 Å². The lowest BCUT2D eigenvalue weighted by Crippen LogP contribution is -2.45. The number of fused-ring (bicyclic) bond motifs is 1. The van der Waals surface area contributed by atoms with Crippen molar-refractivity contribution in [3.63, 3.8) is 0 Å². The SMILES string of the molecule is O=C(O)NC(Cc1ccc2ccccc2c1)C(O)CCl. The third kappa shape index (κ3) is 3.62. The van der Waals surface area contributed by atoms with E-state index in [0.29, 0.717) is 6.42 Å². The Bertz CT molecular complexity index is 602. The Morgan fingerprint density at radius 2 is 1.90 bits per heavy atom. The lowest BCUT2D eigenvalue weighted by Gasteiger charge is -2.21. The Morgan fingerprint density at radius 1 is 1.20 bits per heavy atom. The second-order valence-corrected chi connectivity index (χ2v) is 4.97. The van der Waals surface area contributed by atoms with E-state index in [1.807, 2.05) is 42.5 Å². The lowest BCUT2D eigenvalue weighted by atomic mass is 9.99. The normalized spacial score (nSPS) is 13.9. The largest absolute Gasteiger partial charge is 0.465 e. The fraction of sp³-hybridized carbons (Fsp3) is 0.267. The first-order chi connectivity index (χ1) is 9.60. The minimum atomic E-state index is -1.17. The van der Waals surface area contributed by atoms with Crippen LogP contribution in [0.4, 0.5) is 4.79 Å². The molecule has 0 aliphatic carbocycles. The Morgan fingerprint density at radius 3 is 2.55 bits per heavy atom. The standard InChI is InChI=1S/C15H16ClNO3/c16-9-14(18)13(17-15(19)20)8-10-5-6-11-3-1-2-4-12(11)7-10/h1-7,13-14,17-18H,8-9H2,(H,19,20). The van der Waals surface area contributed by atoms with Crippen LogP contribution in [0, 0.1) is 0 Å². The second-order valence-electron chi connectivity index (χ2n) is 4.66. The van der Waals surface area contributed by atoms with Crippen molar-refractivity contribution in [2.75, 3.05) is 5.88 Å². The van der Waals surface area contributed by atoms with Crippen molar-refractivity contribution in [1.29, 1.82) is 0 Å². The van der Waals surface area contributed by atoms with Gasteiger partial charge in [-0.3, -0.25) is 0 Å². The summed E-state index contributed by atoms with van der Waals surface area (Å²) in [5.41, 5.74) is 0.951. The van der Waals surface area contributed by atoms with Gasteiger partial charge in [-0.1, -0.05) is 42.5 Å². The number of halogens is 1. The van der Waals surface area contributed by atoms with E-state index in [4.69, 9.17) is 16.7 Å². The van der Waals surface area contributed by atoms with Crippen LogP contribution in [0.3, 0.4) is 0 Å².